The van der Waals surface area contributed by atoms with Crippen molar-refractivity contribution in [2.75, 3.05) is 13.2 Å². The first-order valence-electron chi connectivity index (χ1n) is 10.1. The highest BCUT2D eigenvalue weighted by Crippen LogP contribution is 2.23. The van der Waals surface area contributed by atoms with Gasteiger partial charge in [-0.2, -0.15) is 18.3 Å². The van der Waals surface area contributed by atoms with Crippen molar-refractivity contribution in [2.45, 2.75) is 33.1 Å². The summed E-state index contributed by atoms with van der Waals surface area (Å²) in [6.07, 6.45) is 0.779. The fourth-order valence-corrected chi connectivity index (χ4v) is 2.88. The number of aliphatic imine (C=N–C) groups is 1. The van der Waals surface area contributed by atoms with E-state index in [0.717, 1.165) is 11.1 Å². The number of alkyl halides is 3. The lowest BCUT2D eigenvalue weighted by Crippen LogP contribution is -2.37. The molecule has 0 aliphatic rings. The van der Waals surface area contributed by atoms with Crippen LogP contribution < -0.4 is 15.4 Å². The molecule has 11 heteroatoms. The average Bonchev–Trinajstić information content (AvgIpc) is 3.30. The summed E-state index contributed by atoms with van der Waals surface area (Å²) in [5.41, 5.74) is 2.36. The van der Waals surface area contributed by atoms with Crippen molar-refractivity contribution in [3.63, 3.8) is 0 Å². The maximum absolute atomic E-state index is 12.6. The third-order valence-corrected chi connectivity index (χ3v) is 4.37. The van der Waals surface area contributed by atoms with E-state index in [-0.39, 0.29) is 36.3 Å². The Morgan fingerprint density at radius 2 is 1.97 bits per heavy atom. The van der Waals surface area contributed by atoms with Crippen LogP contribution in [0.5, 0.6) is 5.75 Å². The minimum Gasteiger partial charge on any atom is -0.484 e. The van der Waals surface area contributed by atoms with Crippen LogP contribution in [0.25, 0.3) is 5.82 Å². The van der Waals surface area contributed by atoms with Crippen molar-refractivity contribution in [1.82, 2.24) is 25.4 Å². The topological polar surface area (TPSA) is 76.4 Å². The predicted molar refractivity (Wildman–Crippen MR) is 131 cm³/mol. The largest absolute Gasteiger partial charge is 0.484 e. The zero-order valence-electron chi connectivity index (χ0n) is 18.3. The highest BCUT2D eigenvalue weighted by Gasteiger charge is 2.28. The number of hydrogen-bond acceptors (Lipinski definition) is 4. The Labute approximate surface area is 207 Å². The lowest BCUT2D eigenvalue weighted by molar-refractivity contribution is -0.153. The summed E-state index contributed by atoms with van der Waals surface area (Å²) < 4.78 is 44.4. The number of pyridine rings is 1. The molecule has 2 N–H and O–H groups in total. The number of ether oxygens (including phenoxy) is 1. The van der Waals surface area contributed by atoms with Gasteiger partial charge in [-0.1, -0.05) is 12.1 Å². The van der Waals surface area contributed by atoms with E-state index in [1.807, 2.05) is 31.2 Å². The number of rotatable bonds is 8. The Balaban J connectivity index is 0.00000385. The maximum Gasteiger partial charge on any atom is 0.422 e. The first-order valence-corrected chi connectivity index (χ1v) is 10.1. The summed E-state index contributed by atoms with van der Waals surface area (Å²) in [5.74, 6) is 1.42. The molecule has 0 bridgehead atoms. The second-order valence-corrected chi connectivity index (χ2v) is 7.04. The lowest BCUT2D eigenvalue weighted by atomic mass is 10.1. The van der Waals surface area contributed by atoms with Gasteiger partial charge in [0.2, 0.25) is 0 Å². The molecule has 3 rings (SSSR count). The van der Waals surface area contributed by atoms with Crippen LogP contribution in [0.4, 0.5) is 13.2 Å². The van der Waals surface area contributed by atoms with Crippen LogP contribution in [0.1, 0.15) is 23.6 Å². The summed E-state index contributed by atoms with van der Waals surface area (Å²) >= 11 is 0. The zero-order chi connectivity index (χ0) is 23.0. The number of benzene rings is 1. The van der Waals surface area contributed by atoms with Crippen LogP contribution in [0.2, 0.25) is 0 Å². The van der Waals surface area contributed by atoms with E-state index in [0.29, 0.717) is 30.4 Å². The van der Waals surface area contributed by atoms with Crippen molar-refractivity contribution in [3.05, 3.63) is 71.7 Å². The van der Waals surface area contributed by atoms with Gasteiger partial charge in [0.05, 0.1) is 6.54 Å². The smallest absolute Gasteiger partial charge is 0.422 e. The molecule has 3 aromatic rings. The number of halogens is 4. The fraction of sp³-hybridized carbons (Fsp3) is 0.318. The first kappa shape index (κ1) is 26.4. The molecule has 2 heterocycles. The van der Waals surface area contributed by atoms with E-state index in [9.17, 15) is 13.2 Å². The van der Waals surface area contributed by atoms with E-state index in [1.165, 1.54) is 0 Å². The van der Waals surface area contributed by atoms with Gasteiger partial charge in [-0.3, -0.25) is 0 Å². The Morgan fingerprint density at radius 3 is 2.67 bits per heavy atom. The molecule has 1 aromatic carbocycles. The molecular formula is C22H26F3IN6O. The Kier molecular flexibility index (Phi) is 9.95. The van der Waals surface area contributed by atoms with Crippen molar-refractivity contribution in [3.8, 4) is 11.6 Å². The van der Waals surface area contributed by atoms with Crippen molar-refractivity contribution in [2.24, 2.45) is 4.99 Å². The normalized spacial score (nSPS) is 11.6. The van der Waals surface area contributed by atoms with Gasteiger partial charge < -0.3 is 15.4 Å². The van der Waals surface area contributed by atoms with Crippen LogP contribution in [-0.4, -0.2) is 40.1 Å². The van der Waals surface area contributed by atoms with Gasteiger partial charge in [-0.15, -0.1) is 24.0 Å². The minimum atomic E-state index is -4.40. The van der Waals surface area contributed by atoms with E-state index < -0.39 is 12.8 Å². The Morgan fingerprint density at radius 1 is 1.15 bits per heavy atom. The highest BCUT2D eigenvalue weighted by molar-refractivity contribution is 14.0. The molecule has 0 aliphatic carbocycles. The number of aromatic nitrogens is 3. The van der Waals surface area contributed by atoms with Gasteiger partial charge >= 0.3 is 6.18 Å². The second kappa shape index (κ2) is 12.4. The van der Waals surface area contributed by atoms with Gasteiger partial charge in [0.1, 0.15) is 5.75 Å². The summed E-state index contributed by atoms with van der Waals surface area (Å²) in [6.45, 7) is 3.68. The molecule has 0 amide bonds. The summed E-state index contributed by atoms with van der Waals surface area (Å²) in [7, 11) is 0. The van der Waals surface area contributed by atoms with Gasteiger partial charge in [0, 0.05) is 37.2 Å². The molecule has 0 saturated carbocycles. The summed E-state index contributed by atoms with van der Waals surface area (Å²) in [5, 5.41) is 10.5. The predicted octanol–water partition coefficient (Wildman–Crippen LogP) is 4.39. The monoisotopic (exact) mass is 574 g/mol. The average molecular weight is 574 g/mol. The zero-order valence-corrected chi connectivity index (χ0v) is 20.6. The van der Waals surface area contributed by atoms with Crippen LogP contribution in [0, 0.1) is 6.92 Å². The van der Waals surface area contributed by atoms with Crippen LogP contribution in [0.15, 0.2) is 60.0 Å². The molecule has 0 radical (unpaired) electrons. The molecule has 0 aliphatic heterocycles. The van der Waals surface area contributed by atoms with Gasteiger partial charge in [-0.05, 0) is 49.2 Å². The fourth-order valence-electron chi connectivity index (χ4n) is 2.88. The number of aryl methyl sites for hydroxylation is 1. The number of hydrogen-bond donors (Lipinski definition) is 2. The molecule has 0 fully saturated rings. The standard InChI is InChI=1S/C22H25F3N6O.HI/c1-3-26-21(28-13-17-7-9-27-20(12-17)31-10-4-8-30-31)29-14-18-6-5-16(2)11-19(18)32-15-22(23,24)25;/h4-12H,3,13-15H2,1-2H3,(H2,26,28,29);1H. The molecule has 0 spiro atoms. The quantitative estimate of drug-likeness (QED) is 0.237. The van der Waals surface area contributed by atoms with Gasteiger partial charge in [0.25, 0.3) is 0 Å². The molecule has 0 saturated heterocycles. The van der Waals surface area contributed by atoms with Crippen LogP contribution in [-0.2, 0) is 13.1 Å². The van der Waals surface area contributed by atoms with E-state index in [2.05, 4.69) is 25.7 Å². The molecule has 178 valence electrons. The number of guanidine groups is 1. The summed E-state index contributed by atoms with van der Waals surface area (Å²) in [6, 6.07) is 10.7. The first-order chi connectivity index (χ1) is 15.3. The number of nitrogens with one attached hydrogen (secondary N) is 2. The van der Waals surface area contributed by atoms with Crippen LogP contribution >= 0.6 is 24.0 Å². The van der Waals surface area contributed by atoms with Crippen LogP contribution in [0.3, 0.4) is 0 Å². The Bertz CT molecular complexity index is 1040. The molecule has 2 aromatic heterocycles. The molecule has 33 heavy (non-hydrogen) atoms. The molecule has 0 unspecified atom stereocenters. The van der Waals surface area contributed by atoms with Crippen molar-refractivity contribution >= 4 is 29.9 Å². The summed E-state index contributed by atoms with van der Waals surface area (Å²) in [4.78, 5) is 8.87. The van der Waals surface area contributed by atoms with E-state index >= 15 is 0 Å². The van der Waals surface area contributed by atoms with Gasteiger partial charge in [0.15, 0.2) is 18.4 Å². The highest BCUT2D eigenvalue weighted by atomic mass is 127. The second-order valence-electron chi connectivity index (χ2n) is 7.04. The SMILES string of the molecule is CCNC(=NCc1ccnc(-n2cccn2)c1)NCc1ccc(C)cc1OCC(F)(F)F.I. The minimum absolute atomic E-state index is 0. The third kappa shape index (κ3) is 8.56. The molecular weight excluding hydrogens is 548 g/mol. The van der Waals surface area contributed by atoms with E-state index in [4.69, 9.17) is 4.74 Å². The van der Waals surface area contributed by atoms with Crippen molar-refractivity contribution < 1.29 is 17.9 Å². The van der Waals surface area contributed by atoms with Gasteiger partial charge in [-0.25, -0.2) is 14.7 Å². The third-order valence-electron chi connectivity index (χ3n) is 4.37. The number of nitrogens with zero attached hydrogens (tertiary/aromatic N) is 4. The van der Waals surface area contributed by atoms with E-state index in [1.54, 1.807) is 42.3 Å². The Hall–Kier alpha value is -2.83. The molecule has 7 nitrogen and oxygen atoms in total. The maximum atomic E-state index is 12.6. The lowest BCUT2D eigenvalue weighted by Gasteiger charge is -2.16. The molecule has 0 atom stereocenters. The van der Waals surface area contributed by atoms with Crippen molar-refractivity contribution in [1.29, 1.82) is 0 Å².